The largest absolute Gasteiger partial charge is 0.470 e. The van der Waals surface area contributed by atoms with E-state index < -0.39 is 0 Å². The fourth-order valence-electron chi connectivity index (χ4n) is 5.67. The van der Waals surface area contributed by atoms with Crippen LogP contribution in [-0.2, 0) is 9.47 Å². The predicted octanol–water partition coefficient (Wildman–Crippen LogP) is 5.12. The lowest BCUT2D eigenvalue weighted by Crippen LogP contribution is -2.53. The zero-order valence-electron chi connectivity index (χ0n) is 13.7. The maximum Gasteiger partial charge on any atom is 0.197 e. The van der Waals surface area contributed by atoms with Gasteiger partial charge >= 0.3 is 0 Å². The van der Waals surface area contributed by atoms with Crippen LogP contribution in [0.15, 0.2) is 36.1 Å². The third-order valence-electron chi connectivity index (χ3n) is 6.12. The molecule has 22 heavy (non-hydrogen) atoms. The Bertz CT molecular complexity index is 479. The van der Waals surface area contributed by atoms with Crippen molar-refractivity contribution in [1.29, 1.82) is 0 Å². The standard InChI is InChI=1S/C20H28O2/c1-3-15-4-6-19(7-5-15)21-14(2)22-20-11-16-8-17(12-20)10-18(9-16)13-20/h3-4,6,14,16-18H,1,5,7-13H2,2H3. The molecule has 0 heterocycles. The normalized spacial score (nSPS) is 40.9. The molecule has 4 fully saturated rings. The van der Waals surface area contributed by atoms with Gasteiger partial charge in [0.05, 0.1) is 11.4 Å². The fraction of sp³-hybridized carbons (Fsp3) is 0.700. The number of ether oxygens (including phenoxy) is 2. The smallest absolute Gasteiger partial charge is 0.197 e. The van der Waals surface area contributed by atoms with Gasteiger partial charge in [0.1, 0.15) is 0 Å². The van der Waals surface area contributed by atoms with Crippen molar-refractivity contribution >= 4 is 0 Å². The molecule has 2 heteroatoms. The van der Waals surface area contributed by atoms with E-state index >= 15 is 0 Å². The highest BCUT2D eigenvalue weighted by atomic mass is 16.7. The van der Waals surface area contributed by atoms with Crippen LogP contribution >= 0.6 is 0 Å². The van der Waals surface area contributed by atoms with E-state index in [1.54, 1.807) is 0 Å². The van der Waals surface area contributed by atoms with Crippen LogP contribution in [0.2, 0.25) is 0 Å². The van der Waals surface area contributed by atoms with Gasteiger partial charge in [0.15, 0.2) is 6.29 Å². The highest BCUT2D eigenvalue weighted by Gasteiger charge is 2.52. The first-order chi connectivity index (χ1) is 10.6. The zero-order valence-corrected chi connectivity index (χ0v) is 13.7. The third-order valence-corrected chi connectivity index (χ3v) is 6.12. The van der Waals surface area contributed by atoms with Crippen LogP contribution < -0.4 is 0 Å². The van der Waals surface area contributed by atoms with Crippen LogP contribution in [0.25, 0.3) is 0 Å². The molecule has 0 aliphatic heterocycles. The van der Waals surface area contributed by atoms with Crippen molar-refractivity contribution in [3.05, 3.63) is 36.1 Å². The van der Waals surface area contributed by atoms with Gasteiger partial charge in [0.25, 0.3) is 0 Å². The van der Waals surface area contributed by atoms with E-state index in [0.29, 0.717) is 0 Å². The van der Waals surface area contributed by atoms with Crippen molar-refractivity contribution in [3.8, 4) is 0 Å². The Morgan fingerprint density at radius 1 is 1.09 bits per heavy atom. The van der Waals surface area contributed by atoms with E-state index in [-0.39, 0.29) is 11.9 Å². The van der Waals surface area contributed by atoms with E-state index in [2.05, 4.69) is 25.7 Å². The Kier molecular flexibility index (Phi) is 3.68. The number of rotatable bonds is 5. The molecule has 0 aromatic heterocycles. The van der Waals surface area contributed by atoms with Crippen LogP contribution in [-0.4, -0.2) is 11.9 Å². The van der Waals surface area contributed by atoms with Crippen molar-refractivity contribution in [2.75, 3.05) is 0 Å². The van der Waals surface area contributed by atoms with Crippen molar-refractivity contribution in [2.24, 2.45) is 17.8 Å². The first kappa shape index (κ1) is 14.6. The lowest BCUT2D eigenvalue weighted by molar-refractivity contribution is -0.239. The summed E-state index contributed by atoms with van der Waals surface area (Å²) >= 11 is 0. The predicted molar refractivity (Wildman–Crippen MR) is 88.1 cm³/mol. The van der Waals surface area contributed by atoms with E-state index in [1.807, 2.05) is 6.08 Å². The van der Waals surface area contributed by atoms with Gasteiger partial charge in [-0.15, -0.1) is 0 Å². The molecule has 0 aromatic carbocycles. The summed E-state index contributed by atoms with van der Waals surface area (Å²) in [5, 5.41) is 0. The van der Waals surface area contributed by atoms with E-state index in [0.717, 1.165) is 36.4 Å². The molecule has 0 saturated heterocycles. The van der Waals surface area contributed by atoms with Crippen LogP contribution in [0.1, 0.15) is 58.3 Å². The summed E-state index contributed by atoms with van der Waals surface area (Å²) < 4.78 is 12.6. The average molecular weight is 300 g/mol. The van der Waals surface area contributed by atoms with Crippen molar-refractivity contribution in [2.45, 2.75) is 70.2 Å². The molecule has 120 valence electrons. The lowest BCUT2D eigenvalue weighted by Gasteiger charge is -2.56. The van der Waals surface area contributed by atoms with Crippen LogP contribution in [0.4, 0.5) is 0 Å². The molecule has 0 radical (unpaired) electrons. The van der Waals surface area contributed by atoms with Crippen molar-refractivity contribution in [3.63, 3.8) is 0 Å². The van der Waals surface area contributed by atoms with Crippen molar-refractivity contribution in [1.82, 2.24) is 0 Å². The number of allylic oxidation sites excluding steroid dienone is 5. The summed E-state index contributed by atoms with van der Waals surface area (Å²) in [6, 6.07) is 0. The maximum absolute atomic E-state index is 6.50. The SMILES string of the molecule is C=CC1=CC=C(OC(C)OC23CC4CC(CC(C4)C2)C3)CC1. The maximum atomic E-state index is 6.50. The van der Waals surface area contributed by atoms with Gasteiger partial charge in [-0.25, -0.2) is 0 Å². The summed E-state index contributed by atoms with van der Waals surface area (Å²) in [5.41, 5.74) is 1.42. The first-order valence-corrected chi connectivity index (χ1v) is 9.01. The Morgan fingerprint density at radius 2 is 1.73 bits per heavy atom. The molecule has 0 N–H and O–H groups in total. The second kappa shape index (κ2) is 5.56. The first-order valence-electron chi connectivity index (χ1n) is 9.01. The molecule has 4 saturated carbocycles. The van der Waals surface area contributed by atoms with Gasteiger partial charge in [0.2, 0.25) is 0 Å². The highest BCUT2D eigenvalue weighted by Crippen LogP contribution is 2.57. The molecule has 1 unspecified atom stereocenters. The quantitative estimate of drug-likeness (QED) is 0.656. The molecular formula is C20H28O2. The molecule has 1 atom stereocenters. The van der Waals surface area contributed by atoms with Gasteiger partial charge < -0.3 is 9.47 Å². The molecule has 5 aliphatic rings. The van der Waals surface area contributed by atoms with Crippen LogP contribution in [0, 0.1) is 17.8 Å². The van der Waals surface area contributed by atoms with E-state index in [1.165, 1.54) is 44.1 Å². The number of hydrogen-bond donors (Lipinski definition) is 0. The second-order valence-corrected chi connectivity index (χ2v) is 7.98. The minimum Gasteiger partial charge on any atom is -0.470 e. The average Bonchev–Trinajstić information content (AvgIpc) is 2.45. The highest BCUT2D eigenvalue weighted by molar-refractivity contribution is 5.27. The molecule has 0 amide bonds. The molecule has 0 aromatic rings. The molecular weight excluding hydrogens is 272 g/mol. The van der Waals surface area contributed by atoms with Gasteiger partial charge in [-0.3, -0.25) is 0 Å². The van der Waals surface area contributed by atoms with Gasteiger partial charge in [0, 0.05) is 6.42 Å². The molecule has 0 spiro atoms. The minimum atomic E-state index is -0.124. The van der Waals surface area contributed by atoms with E-state index in [9.17, 15) is 0 Å². The van der Waals surface area contributed by atoms with Crippen LogP contribution in [0.5, 0.6) is 0 Å². The molecule has 4 bridgehead atoms. The molecule has 5 aliphatic carbocycles. The van der Waals surface area contributed by atoms with Gasteiger partial charge in [-0.05, 0) is 81.3 Å². The third kappa shape index (κ3) is 2.78. The second-order valence-electron chi connectivity index (χ2n) is 7.98. The summed E-state index contributed by atoms with van der Waals surface area (Å²) in [5.74, 6) is 3.82. The monoisotopic (exact) mass is 300 g/mol. The number of hydrogen-bond acceptors (Lipinski definition) is 2. The topological polar surface area (TPSA) is 18.5 Å². The summed E-state index contributed by atoms with van der Waals surface area (Å²) in [4.78, 5) is 0. The van der Waals surface area contributed by atoms with E-state index in [4.69, 9.17) is 9.47 Å². The minimum absolute atomic E-state index is 0.124. The Balaban J connectivity index is 1.38. The molecule has 2 nitrogen and oxygen atoms in total. The Labute approximate surface area is 134 Å². The van der Waals surface area contributed by atoms with Gasteiger partial charge in [-0.2, -0.15) is 0 Å². The Morgan fingerprint density at radius 3 is 2.23 bits per heavy atom. The van der Waals surface area contributed by atoms with Gasteiger partial charge in [-0.1, -0.05) is 18.7 Å². The lowest BCUT2D eigenvalue weighted by atomic mass is 9.54. The van der Waals surface area contributed by atoms with Crippen LogP contribution in [0.3, 0.4) is 0 Å². The molecule has 5 rings (SSSR count). The fourth-order valence-corrected chi connectivity index (χ4v) is 5.67. The Hall–Kier alpha value is -1.02. The summed E-state index contributed by atoms with van der Waals surface area (Å²) in [6.07, 6.45) is 16.2. The summed E-state index contributed by atoms with van der Waals surface area (Å²) in [7, 11) is 0. The van der Waals surface area contributed by atoms with Crippen molar-refractivity contribution < 1.29 is 9.47 Å². The zero-order chi connectivity index (χ0) is 15.2. The summed E-state index contributed by atoms with van der Waals surface area (Å²) in [6.45, 7) is 5.91.